The van der Waals surface area contributed by atoms with Crippen molar-refractivity contribution in [2.45, 2.75) is 17.8 Å². The first-order chi connectivity index (χ1) is 5.63. The number of aliphatic hydroxyl groups is 1. The van der Waals surface area contributed by atoms with Crippen molar-refractivity contribution in [2.75, 3.05) is 0 Å². The lowest BCUT2D eigenvalue weighted by atomic mass is 10.1. The summed E-state index contributed by atoms with van der Waals surface area (Å²) in [6.45, 7) is 0. The maximum Gasteiger partial charge on any atom is 0.419 e. The molecule has 13 heavy (non-hydrogen) atoms. The number of nitrogens with zero attached hydrogens (tertiary/aromatic N) is 1. The van der Waals surface area contributed by atoms with E-state index < -0.39 is 29.0 Å². The van der Waals surface area contributed by atoms with Crippen LogP contribution in [0.25, 0.3) is 0 Å². The zero-order valence-electron chi connectivity index (χ0n) is 5.82. The molecule has 1 aliphatic heterocycles. The van der Waals surface area contributed by atoms with E-state index in [-0.39, 0.29) is 6.20 Å². The van der Waals surface area contributed by atoms with Crippen LogP contribution in [0, 0.1) is 0 Å². The molecule has 0 fully saturated rings. The molecule has 1 unspecified atom stereocenters. The van der Waals surface area contributed by atoms with Gasteiger partial charge in [-0.15, -0.1) is 5.12 Å². The smallest absolute Gasteiger partial charge is 0.354 e. The van der Waals surface area contributed by atoms with Gasteiger partial charge in [0, 0.05) is 12.3 Å². The highest BCUT2D eigenvalue weighted by molar-refractivity contribution is 5.11. The Morgan fingerprint density at radius 3 is 1.92 bits per heavy atom. The predicted octanol–water partition coefficient (Wildman–Crippen LogP) is 1.59. The first kappa shape index (κ1) is 10.2. The molecule has 0 aromatic carbocycles. The van der Waals surface area contributed by atoms with Crippen molar-refractivity contribution in [1.82, 2.24) is 5.12 Å². The zero-order valence-corrected chi connectivity index (χ0v) is 5.82. The fourth-order valence-corrected chi connectivity index (χ4v) is 0.708. The highest BCUT2D eigenvalue weighted by Gasteiger charge is 2.74. The Bertz CT molecular complexity index is 249. The van der Waals surface area contributed by atoms with Gasteiger partial charge in [0.2, 0.25) is 0 Å². The van der Waals surface area contributed by atoms with Crippen molar-refractivity contribution < 1.29 is 31.5 Å². The second kappa shape index (κ2) is 2.31. The maximum atomic E-state index is 12.4. The van der Waals surface area contributed by atoms with Crippen LogP contribution < -0.4 is 0 Å². The van der Waals surface area contributed by atoms with Crippen molar-refractivity contribution >= 4 is 0 Å². The Hall–Kier alpha value is -0.920. The van der Waals surface area contributed by atoms with Crippen molar-refractivity contribution in [3.05, 3.63) is 12.3 Å². The van der Waals surface area contributed by atoms with Crippen molar-refractivity contribution in [2.24, 2.45) is 0 Å². The summed E-state index contributed by atoms with van der Waals surface area (Å²) in [6.07, 6.45) is -0.707. The number of hydrogen-bond acceptors (Lipinski definition) is 2. The summed E-state index contributed by atoms with van der Waals surface area (Å²) < 4.78 is 73.4. The monoisotopic (exact) mass is 207 g/mol. The van der Waals surface area contributed by atoms with E-state index in [9.17, 15) is 26.4 Å². The van der Waals surface area contributed by atoms with Gasteiger partial charge in [0.15, 0.2) is 0 Å². The highest BCUT2D eigenvalue weighted by Crippen LogP contribution is 2.48. The summed E-state index contributed by atoms with van der Waals surface area (Å²) >= 11 is 0. The molecule has 0 aliphatic carbocycles. The van der Waals surface area contributed by atoms with Crippen molar-refractivity contribution in [1.29, 1.82) is 0 Å². The lowest BCUT2D eigenvalue weighted by Gasteiger charge is -2.37. The fourth-order valence-electron chi connectivity index (χ4n) is 0.708. The molecule has 1 aliphatic rings. The molecule has 0 aromatic heterocycles. The molecule has 0 bridgehead atoms. The molecule has 2 nitrogen and oxygen atoms in total. The molecule has 0 amide bonds. The molecular weight excluding hydrogens is 204 g/mol. The van der Waals surface area contributed by atoms with Crippen LogP contribution in [0.3, 0.4) is 0 Å². The first-order valence-electron chi connectivity index (χ1n) is 2.94. The lowest BCUT2D eigenvalue weighted by molar-refractivity contribution is -0.387. The second-order valence-electron chi connectivity index (χ2n) is 2.42. The highest BCUT2D eigenvalue weighted by atomic mass is 19.3. The molecule has 8 heteroatoms. The minimum Gasteiger partial charge on any atom is -0.354 e. The number of halogens is 6. The summed E-state index contributed by atoms with van der Waals surface area (Å²) in [6, 6.07) is -5.41. The van der Waals surface area contributed by atoms with Crippen molar-refractivity contribution in [3.8, 4) is 0 Å². The number of hydrogen-bond donors (Lipinski definition) is 1. The van der Waals surface area contributed by atoms with Crippen LogP contribution in [0.4, 0.5) is 26.4 Å². The number of rotatable bonds is 0. The van der Waals surface area contributed by atoms with Gasteiger partial charge in [-0.2, -0.15) is 17.6 Å². The summed E-state index contributed by atoms with van der Waals surface area (Å²) in [7, 11) is 0. The third kappa shape index (κ3) is 1.08. The van der Waals surface area contributed by atoms with E-state index in [0.717, 1.165) is 0 Å². The van der Waals surface area contributed by atoms with Gasteiger partial charge in [-0.25, -0.2) is 4.39 Å². The van der Waals surface area contributed by atoms with Gasteiger partial charge >= 0.3 is 17.8 Å². The van der Waals surface area contributed by atoms with E-state index in [1.807, 2.05) is 0 Å². The summed E-state index contributed by atoms with van der Waals surface area (Å²) in [5, 5.41) is 6.51. The van der Waals surface area contributed by atoms with Crippen LogP contribution in [-0.2, 0) is 0 Å². The van der Waals surface area contributed by atoms with Crippen LogP contribution in [-0.4, -0.2) is 28.1 Å². The van der Waals surface area contributed by atoms with E-state index in [0.29, 0.717) is 0 Å². The molecule has 76 valence electrons. The second-order valence-corrected chi connectivity index (χ2v) is 2.42. The SMILES string of the molecule is OC1(F)C=CN(F)C(F)(F)C1(F)F. The topological polar surface area (TPSA) is 23.5 Å². The Morgan fingerprint density at radius 1 is 1.08 bits per heavy atom. The number of alkyl halides is 5. The van der Waals surface area contributed by atoms with Crippen LogP contribution in [0.5, 0.6) is 0 Å². The van der Waals surface area contributed by atoms with E-state index in [1.165, 1.54) is 0 Å². The van der Waals surface area contributed by atoms with E-state index in [4.69, 9.17) is 5.11 Å². The predicted molar refractivity (Wildman–Crippen MR) is 28.0 cm³/mol. The first-order valence-corrected chi connectivity index (χ1v) is 2.94. The average Bonchev–Trinajstić information content (AvgIpc) is 1.97. The fraction of sp³-hybridized carbons (Fsp3) is 0.600. The Labute approximate surface area is 68.0 Å². The normalized spacial score (nSPS) is 36.4. The van der Waals surface area contributed by atoms with E-state index >= 15 is 0 Å². The van der Waals surface area contributed by atoms with Gasteiger partial charge in [-0.3, -0.25) is 0 Å². The standard InChI is InChI=1S/C5H3F6NO/c6-3(13)1-2-12(11)5(9,10)4(3,7)8/h1-2,13H. The quantitative estimate of drug-likeness (QED) is 0.370. The third-order valence-corrected chi connectivity index (χ3v) is 1.51. The van der Waals surface area contributed by atoms with Crippen molar-refractivity contribution in [3.63, 3.8) is 0 Å². The minimum atomic E-state index is -5.54. The van der Waals surface area contributed by atoms with Gasteiger partial charge in [-0.05, 0) is 0 Å². The van der Waals surface area contributed by atoms with Crippen LogP contribution in [0.15, 0.2) is 12.3 Å². The van der Waals surface area contributed by atoms with Gasteiger partial charge in [0.05, 0.1) is 0 Å². The Kier molecular flexibility index (Phi) is 1.81. The average molecular weight is 207 g/mol. The van der Waals surface area contributed by atoms with Gasteiger partial charge in [0.1, 0.15) is 0 Å². The Morgan fingerprint density at radius 2 is 1.54 bits per heavy atom. The molecular formula is C5H3F6NO. The van der Waals surface area contributed by atoms with E-state index in [2.05, 4.69) is 0 Å². The molecule has 0 spiro atoms. The zero-order chi connectivity index (χ0) is 10.5. The molecule has 0 radical (unpaired) electrons. The van der Waals surface area contributed by atoms with Crippen LogP contribution >= 0.6 is 0 Å². The van der Waals surface area contributed by atoms with Gasteiger partial charge in [-0.1, -0.05) is 4.48 Å². The molecule has 1 atom stereocenters. The van der Waals surface area contributed by atoms with Gasteiger partial charge < -0.3 is 5.11 Å². The maximum absolute atomic E-state index is 12.4. The largest absolute Gasteiger partial charge is 0.419 e. The van der Waals surface area contributed by atoms with Gasteiger partial charge in [0.25, 0.3) is 0 Å². The molecule has 0 saturated heterocycles. The summed E-state index contributed by atoms with van der Waals surface area (Å²) in [4.78, 5) is 0. The third-order valence-electron chi connectivity index (χ3n) is 1.51. The lowest BCUT2D eigenvalue weighted by Crippen LogP contribution is -2.62. The summed E-state index contributed by atoms with van der Waals surface area (Å²) in [5.74, 6) is -10.1. The molecule has 1 N–H and O–H groups in total. The van der Waals surface area contributed by atoms with Crippen LogP contribution in [0.1, 0.15) is 0 Å². The molecule has 1 heterocycles. The minimum absolute atomic E-state index is 0.308. The summed E-state index contributed by atoms with van der Waals surface area (Å²) in [5.41, 5.74) is 0. The molecule has 0 aromatic rings. The molecule has 0 saturated carbocycles. The van der Waals surface area contributed by atoms with Crippen LogP contribution in [0.2, 0.25) is 0 Å². The Balaban J connectivity index is 3.22. The van der Waals surface area contributed by atoms with E-state index in [1.54, 1.807) is 0 Å². The molecule has 1 rings (SSSR count).